The number of rotatable bonds is 7. The maximum atomic E-state index is 13.3. The second-order valence-electron chi connectivity index (χ2n) is 10.2. The summed E-state index contributed by atoms with van der Waals surface area (Å²) >= 11 is 0. The largest absolute Gasteiger partial charge is 0.460 e. The molecule has 0 fully saturated rings. The van der Waals surface area contributed by atoms with Crippen LogP contribution in [0.4, 0.5) is 4.79 Å². The second kappa shape index (κ2) is 11.0. The van der Waals surface area contributed by atoms with Crippen molar-refractivity contribution in [2.45, 2.75) is 38.8 Å². The molecule has 40 heavy (non-hydrogen) atoms. The summed E-state index contributed by atoms with van der Waals surface area (Å²) in [6.45, 7) is 5.20. The highest BCUT2D eigenvalue weighted by Gasteiger charge is 2.27. The average Bonchev–Trinajstić information content (AvgIpc) is 3.32. The van der Waals surface area contributed by atoms with Gasteiger partial charge in [-0.25, -0.2) is 9.59 Å². The van der Waals surface area contributed by atoms with Crippen molar-refractivity contribution < 1.29 is 28.2 Å². The van der Waals surface area contributed by atoms with Gasteiger partial charge in [-0.3, -0.25) is 4.79 Å². The van der Waals surface area contributed by atoms with E-state index in [4.69, 9.17) is 18.6 Å². The molecule has 3 aromatic carbocycles. The summed E-state index contributed by atoms with van der Waals surface area (Å²) in [6, 6.07) is 19.9. The Balaban J connectivity index is 1.37. The van der Waals surface area contributed by atoms with Crippen LogP contribution in [0.15, 0.2) is 94.5 Å². The number of nitrogens with one attached hydrogen (secondary N) is 2. The van der Waals surface area contributed by atoms with Crippen LogP contribution in [-0.4, -0.2) is 28.7 Å². The van der Waals surface area contributed by atoms with Gasteiger partial charge in [0.15, 0.2) is 0 Å². The zero-order chi connectivity index (χ0) is 28.3. The molecule has 5 aromatic rings. The van der Waals surface area contributed by atoms with Crippen LogP contribution in [0.3, 0.4) is 0 Å². The summed E-state index contributed by atoms with van der Waals surface area (Å²) in [6.07, 6.45) is 2.42. The number of carbonyl (C=O) groups excluding carboxylic acids is 2. The van der Waals surface area contributed by atoms with E-state index >= 15 is 0 Å². The molecule has 0 bridgehead atoms. The number of ether oxygens (including phenoxy) is 3. The van der Waals surface area contributed by atoms with Crippen molar-refractivity contribution in [3.05, 3.63) is 101 Å². The van der Waals surface area contributed by atoms with Gasteiger partial charge in [-0.1, -0.05) is 36.4 Å². The number of alkyl carbamates (subject to hydrolysis) is 1. The third-order valence-electron chi connectivity index (χ3n) is 5.98. The lowest BCUT2D eigenvalue weighted by Crippen LogP contribution is -2.46. The minimum Gasteiger partial charge on any atom is -0.460 e. The van der Waals surface area contributed by atoms with Crippen LogP contribution in [-0.2, 0) is 16.0 Å². The summed E-state index contributed by atoms with van der Waals surface area (Å²) in [5, 5.41) is 3.82. The zero-order valence-corrected chi connectivity index (χ0v) is 22.2. The zero-order valence-electron chi connectivity index (χ0n) is 22.2. The van der Waals surface area contributed by atoms with Gasteiger partial charge >= 0.3 is 12.1 Å². The molecule has 2 heterocycles. The molecule has 1 unspecified atom stereocenters. The Morgan fingerprint density at radius 3 is 2.48 bits per heavy atom. The Morgan fingerprint density at radius 1 is 0.950 bits per heavy atom. The summed E-state index contributed by atoms with van der Waals surface area (Å²) in [7, 11) is 0. The Morgan fingerprint density at radius 2 is 1.70 bits per heavy atom. The van der Waals surface area contributed by atoms with Gasteiger partial charge in [-0.2, -0.15) is 0 Å². The first-order valence-corrected chi connectivity index (χ1v) is 12.7. The van der Waals surface area contributed by atoms with Gasteiger partial charge in [-0.15, -0.1) is 0 Å². The number of hydrogen-bond donors (Lipinski definition) is 2. The average molecular weight is 541 g/mol. The third kappa shape index (κ3) is 6.15. The molecule has 9 heteroatoms. The number of benzene rings is 3. The molecule has 5 rings (SSSR count). The fourth-order valence-corrected chi connectivity index (χ4v) is 4.19. The molecule has 0 aliphatic carbocycles. The van der Waals surface area contributed by atoms with Crippen molar-refractivity contribution in [1.82, 2.24) is 10.3 Å². The highest BCUT2D eigenvalue weighted by molar-refractivity contribution is 5.87. The molecule has 9 nitrogen and oxygen atoms in total. The molecular formula is C31H28N2O7. The molecule has 0 aliphatic heterocycles. The molecule has 2 aromatic heterocycles. The van der Waals surface area contributed by atoms with Gasteiger partial charge in [0.2, 0.25) is 11.2 Å². The molecule has 1 atom stereocenters. The highest BCUT2D eigenvalue weighted by Crippen LogP contribution is 2.25. The van der Waals surface area contributed by atoms with E-state index in [0.717, 1.165) is 16.5 Å². The lowest BCUT2D eigenvalue weighted by molar-refractivity contribution is -0.136. The maximum absolute atomic E-state index is 13.3. The molecule has 2 N–H and O–H groups in total. The van der Waals surface area contributed by atoms with Crippen molar-refractivity contribution in [1.29, 1.82) is 0 Å². The number of para-hydroxylation sites is 2. The van der Waals surface area contributed by atoms with Gasteiger partial charge in [0.05, 0.1) is 5.39 Å². The minimum absolute atomic E-state index is 0.0313. The summed E-state index contributed by atoms with van der Waals surface area (Å²) in [5.74, 6) is -0.0311. The van der Waals surface area contributed by atoms with Crippen molar-refractivity contribution in [3.63, 3.8) is 0 Å². The van der Waals surface area contributed by atoms with E-state index in [1.807, 2.05) is 30.3 Å². The number of aromatic nitrogens is 1. The topological polar surface area (TPSA) is 120 Å². The number of carbonyl (C=O) groups is 2. The SMILES string of the molecule is CC(C)(C)OC(=O)NC(Cc1c[nH]c2ccccc12)C(=O)Oc1ccc2c(=O)c(Oc3ccccc3)coc2c1. The normalized spacial score (nSPS) is 12.2. The lowest BCUT2D eigenvalue weighted by atomic mass is 10.1. The number of esters is 1. The van der Waals surface area contributed by atoms with Crippen molar-refractivity contribution >= 4 is 33.9 Å². The molecule has 0 spiro atoms. The van der Waals surface area contributed by atoms with E-state index < -0.39 is 23.7 Å². The first-order valence-electron chi connectivity index (χ1n) is 12.7. The van der Waals surface area contributed by atoms with Gasteiger partial charge in [0, 0.05) is 29.6 Å². The summed E-state index contributed by atoms with van der Waals surface area (Å²) in [4.78, 5) is 42.0. The third-order valence-corrected chi connectivity index (χ3v) is 5.98. The van der Waals surface area contributed by atoms with Crippen LogP contribution in [0, 0.1) is 0 Å². The lowest BCUT2D eigenvalue weighted by Gasteiger charge is -2.23. The number of H-pyrrole nitrogens is 1. The standard InChI is InChI=1S/C31H28N2O7/c1-31(2,3)40-30(36)33-25(15-19-17-32-24-12-8-7-11-22(19)24)29(35)39-21-13-14-23-26(16-21)37-18-27(28(23)34)38-20-9-5-4-6-10-20/h4-14,16-18,25,32H,15H2,1-3H3,(H,33,36). The summed E-state index contributed by atoms with van der Waals surface area (Å²) < 4.78 is 22.3. The number of fused-ring (bicyclic) bond motifs is 2. The maximum Gasteiger partial charge on any atom is 0.408 e. The predicted octanol–water partition coefficient (Wildman–Crippen LogP) is 6.11. The highest BCUT2D eigenvalue weighted by atomic mass is 16.6. The first-order chi connectivity index (χ1) is 19.2. The van der Waals surface area contributed by atoms with E-state index in [1.54, 1.807) is 51.2 Å². The molecule has 204 valence electrons. The van der Waals surface area contributed by atoms with Crippen LogP contribution in [0.25, 0.3) is 21.9 Å². The predicted molar refractivity (Wildman–Crippen MR) is 150 cm³/mol. The Hall–Kier alpha value is -5.05. The number of amides is 1. The Kier molecular flexibility index (Phi) is 7.29. The first kappa shape index (κ1) is 26.6. The summed E-state index contributed by atoms with van der Waals surface area (Å²) in [5.41, 5.74) is 0.819. The van der Waals surface area contributed by atoms with Crippen LogP contribution in [0.2, 0.25) is 0 Å². The van der Waals surface area contributed by atoms with Crippen molar-refractivity contribution in [3.8, 4) is 17.2 Å². The number of aromatic amines is 1. The molecule has 0 aliphatic rings. The Bertz CT molecular complexity index is 1730. The Labute approximate surface area is 229 Å². The van der Waals surface area contributed by atoms with Crippen LogP contribution < -0.4 is 20.2 Å². The molecule has 1 amide bonds. The smallest absolute Gasteiger partial charge is 0.408 e. The van der Waals surface area contributed by atoms with Crippen LogP contribution >= 0.6 is 0 Å². The monoisotopic (exact) mass is 540 g/mol. The van der Waals surface area contributed by atoms with E-state index in [1.165, 1.54) is 24.5 Å². The van der Waals surface area contributed by atoms with Gasteiger partial charge in [0.1, 0.15) is 35.0 Å². The molecular weight excluding hydrogens is 512 g/mol. The fourth-order valence-electron chi connectivity index (χ4n) is 4.19. The van der Waals surface area contributed by atoms with Crippen LogP contribution in [0.1, 0.15) is 26.3 Å². The molecule has 0 radical (unpaired) electrons. The quantitative estimate of drug-likeness (QED) is 0.189. The van der Waals surface area contributed by atoms with E-state index in [-0.39, 0.29) is 34.3 Å². The van der Waals surface area contributed by atoms with Gasteiger partial charge in [-0.05, 0) is 56.7 Å². The van der Waals surface area contributed by atoms with Crippen LogP contribution in [0.5, 0.6) is 17.2 Å². The van der Waals surface area contributed by atoms with Gasteiger partial charge in [0.25, 0.3) is 0 Å². The number of hydrogen-bond acceptors (Lipinski definition) is 7. The molecule has 0 saturated carbocycles. The minimum atomic E-state index is -1.06. The van der Waals surface area contributed by atoms with Crippen molar-refractivity contribution in [2.75, 3.05) is 0 Å². The molecule has 0 saturated heterocycles. The fraction of sp³-hybridized carbons (Fsp3) is 0.194. The second-order valence-corrected chi connectivity index (χ2v) is 10.2. The van der Waals surface area contributed by atoms with Gasteiger partial charge < -0.3 is 28.9 Å². The van der Waals surface area contributed by atoms with E-state index in [2.05, 4.69) is 10.3 Å². The van der Waals surface area contributed by atoms with E-state index in [9.17, 15) is 14.4 Å². The van der Waals surface area contributed by atoms with Crippen molar-refractivity contribution in [2.24, 2.45) is 0 Å². The van der Waals surface area contributed by atoms with E-state index in [0.29, 0.717) is 5.75 Å².